The number of nitrogens with one attached hydrogen (secondary N) is 2. The summed E-state index contributed by atoms with van der Waals surface area (Å²) in [6.07, 6.45) is 0.450. The van der Waals surface area contributed by atoms with Gasteiger partial charge in [0.2, 0.25) is 0 Å². The fourth-order valence-electron chi connectivity index (χ4n) is 1.81. The number of hydrogen-bond donors (Lipinski definition) is 3. The minimum absolute atomic E-state index is 0.00397. The molecule has 1 saturated heterocycles. The fraction of sp³-hybridized carbons (Fsp3) is 0.364. The van der Waals surface area contributed by atoms with Crippen molar-refractivity contribution in [3.05, 3.63) is 24.3 Å². The summed E-state index contributed by atoms with van der Waals surface area (Å²) >= 11 is 0. The quantitative estimate of drug-likeness (QED) is 0.689. The summed E-state index contributed by atoms with van der Waals surface area (Å²) in [4.78, 5) is 11.6. The van der Waals surface area contributed by atoms with Crippen molar-refractivity contribution >= 4 is 21.6 Å². The maximum absolute atomic E-state index is 11.6. The molecule has 18 heavy (non-hydrogen) atoms. The van der Waals surface area contributed by atoms with Gasteiger partial charge in [0.1, 0.15) is 5.75 Å². The van der Waals surface area contributed by atoms with Gasteiger partial charge < -0.3 is 15.7 Å². The minimum Gasteiger partial charge on any atom is -0.508 e. The largest absolute Gasteiger partial charge is 0.508 e. The first-order valence-corrected chi connectivity index (χ1v) is 7.34. The van der Waals surface area contributed by atoms with Crippen LogP contribution in [0, 0.1) is 0 Å². The minimum atomic E-state index is -3.00. The molecule has 7 heteroatoms. The Labute approximate surface area is 105 Å². The summed E-state index contributed by atoms with van der Waals surface area (Å²) in [7, 11) is -3.00. The van der Waals surface area contributed by atoms with Crippen LogP contribution in [0.15, 0.2) is 24.3 Å². The van der Waals surface area contributed by atoms with E-state index in [1.54, 1.807) is 12.1 Å². The molecule has 3 N–H and O–H groups in total. The highest BCUT2D eigenvalue weighted by atomic mass is 32.2. The maximum Gasteiger partial charge on any atom is 0.319 e. The lowest BCUT2D eigenvalue weighted by atomic mass is 10.3. The Kier molecular flexibility index (Phi) is 3.42. The third-order valence-corrected chi connectivity index (χ3v) is 4.46. The molecule has 2 rings (SSSR count). The van der Waals surface area contributed by atoms with Crippen LogP contribution in [0.4, 0.5) is 10.5 Å². The molecule has 2 amide bonds. The van der Waals surface area contributed by atoms with Crippen molar-refractivity contribution in [2.24, 2.45) is 0 Å². The Morgan fingerprint density at radius 3 is 2.50 bits per heavy atom. The molecule has 0 spiro atoms. The number of benzene rings is 1. The van der Waals surface area contributed by atoms with Gasteiger partial charge in [-0.05, 0) is 30.7 Å². The highest BCUT2D eigenvalue weighted by Gasteiger charge is 2.28. The van der Waals surface area contributed by atoms with Gasteiger partial charge in [-0.3, -0.25) is 0 Å². The molecule has 0 aromatic heterocycles. The molecule has 0 unspecified atom stereocenters. The van der Waals surface area contributed by atoms with Crippen molar-refractivity contribution in [1.29, 1.82) is 0 Å². The molecule has 0 radical (unpaired) electrons. The predicted molar refractivity (Wildman–Crippen MR) is 67.3 cm³/mol. The second kappa shape index (κ2) is 4.85. The van der Waals surface area contributed by atoms with Crippen molar-refractivity contribution in [2.45, 2.75) is 12.5 Å². The molecule has 1 aliphatic rings. The van der Waals surface area contributed by atoms with E-state index in [0.29, 0.717) is 12.1 Å². The van der Waals surface area contributed by atoms with Gasteiger partial charge in [-0.1, -0.05) is 0 Å². The molecule has 1 heterocycles. The number of phenols is 1. The van der Waals surface area contributed by atoms with Crippen LogP contribution < -0.4 is 10.6 Å². The number of amides is 2. The van der Waals surface area contributed by atoms with Gasteiger partial charge in [0.05, 0.1) is 11.5 Å². The van der Waals surface area contributed by atoms with Gasteiger partial charge in [-0.2, -0.15) is 0 Å². The summed E-state index contributed by atoms with van der Waals surface area (Å²) in [5.41, 5.74) is 0.533. The van der Waals surface area contributed by atoms with Gasteiger partial charge in [-0.15, -0.1) is 0 Å². The number of sulfone groups is 1. The van der Waals surface area contributed by atoms with Crippen LogP contribution in [0.1, 0.15) is 6.42 Å². The zero-order valence-corrected chi connectivity index (χ0v) is 10.4. The first-order valence-electron chi connectivity index (χ1n) is 5.51. The van der Waals surface area contributed by atoms with Crippen LogP contribution in [-0.2, 0) is 9.84 Å². The van der Waals surface area contributed by atoms with Crippen LogP contribution in [-0.4, -0.2) is 37.1 Å². The summed E-state index contributed by atoms with van der Waals surface area (Å²) in [5.74, 6) is 0.232. The van der Waals surface area contributed by atoms with Gasteiger partial charge in [0.15, 0.2) is 9.84 Å². The zero-order valence-electron chi connectivity index (χ0n) is 9.59. The average Bonchev–Trinajstić information content (AvgIpc) is 2.61. The summed E-state index contributed by atoms with van der Waals surface area (Å²) in [5, 5.41) is 14.3. The second-order valence-electron chi connectivity index (χ2n) is 4.25. The van der Waals surface area contributed by atoms with Crippen molar-refractivity contribution in [3.8, 4) is 5.75 Å². The molecule has 0 saturated carbocycles. The molecule has 1 aromatic carbocycles. The number of phenolic OH excluding ortho intramolecular Hbond substituents is 1. The number of aromatic hydroxyl groups is 1. The third-order valence-electron chi connectivity index (χ3n) is 2.69. The SMILES string of the molecule is O=C(Nc1ccc(O)cc1)N[C@H]1CCS(=O)(=O)C1. The fourth-order valence-corrected chi connectivity index (χ4v) is 3.48. The number of rotatable bonds is 2. The van der Waals surface area contributed by atoms with E-state index in [2.05, 4.69) is 10.6 Å². The first-order chi connectivity index (χ1) is 8.44. The molecule has 1 fully saturated rings. The molecule has 1 atom stereocenters. The number of urea groups is 1. The van der Waals surface area contributed by atoms with Gasteiger partial charge in [0, 0.05) is 11.7 Å². The van der Waals surface area contributed by atoms with Crippen LogP contribution >= 0.6 is 0 Å². The number of carbonyl (C=O) groups is 1. The normalized spacial score (nSPS) is 21.4. The van der Waals surface area contributed by atoms with E-state index in [4.69, 9.17) is 5.11 Å². The third kappa shape index (κ3) is 3.36. The molecule has 0 aliphatic carbocycles. The van der Waals surface area contributed by atoms with Crippen molar-refractivity contribution < 1.29 is 18.3 Å². The van der Waals surface area contributed by atoms with Crippen LogP contribution in [0.3, 0.4) is 0 Å². The molecule has 1 aromatic rings. The van der Waals surface area contributed by atoms with Crippen molar-refractivity contribution in [1.82, 2.24) is 5.32 Å². The molecule has 0 bridgehead atoms. The Morgan fingerprint density at radius 1 is 1.28 bits per heavy atom. The Balaban J connectivity index is 1.88. The Hall–Kier alpha value is -1.76. The summed E-state index contributed by atoms with van der Waals surface area (Å²) in [6, 6.07) is 5.25. The lowest BCUT2D eigenvalue weighted by molar-refractivity contribution is 0.249. The topological polar surface area (TPSA) is 95.5 Å². The standard InChI is InChI=1S/C11H14N2O4S/c14-10-3-1-8(2-4-10)12-11(15)13-9-5-6-18(16,17)7-9/h1-4,9,14H,5-7H2,(H2,12,13,15)/t9-/m0/s1. The predicted octanol–water partition coefficient (Wildman–Crippen LogP) is 0.701. The van der Waals surface area contributed by atoms with Crippen LogP contribution in [0.25, 0.3) is 0 Å². The molecular formula is C11H14N2O4S. The van der Waals surface area contributed by atoms with E-state index in [1.165, 1.54) is 12.1 Å². The average molecular weight is 270 g/mol. The van der Waals surface area contributed by atoms with E-state index in [-0.39, 0.29) is 23.3 Å². The Morgan fingerprint density at radius 2 is 1.94 bits per heavy atom. The molecule has 1 aliphatic heterocycles. The molecular weight excluding hydrogens is 256 g/mol. The number of anilines is 1. The number of hydrogen-bond acceptors (Lipinski definition) is 4. The lowest BCUT2D eigenvalue weighted by Gasteiger charge is -2.11. The molecule has 6 nitrogen and oxygen atoms in total. The van der Waals surface area contributed by atoms with E-state index in [9.17, 15) is 13.2 Å². The number of carbonyl (C=O) groups excluding carboxylic acids is 1. The first kappa shape index (κ1) is 12.7. The highest BCUT2D eigenvalue weighted by Crippen LogP contribution is 2.14. The van der Waals surface area contributed by atoms with Crippen LogP contribution in [0.5, 0.6) is 5.75 Å². The molecule has 98 valence electrons. The highest BCUT2D eigenvalue weighted by molar-refractivity contribution is 7.91. The zero-order chi connectivity index (χ0) is 13.2. The van der Waals surface area contributed by atoms with Gasteiger partial charge in [0.25, 0.3) is 0 Å². The van der Waals surface area contributed by atoms with Crippen molar-refractivity contribution in [2.75, 3.05) is 16.8 Å². The van der Waals surface area contributed by atoms with Gasteiger partial charge >= 0.3 is 6.03 Å². The monoisotopic (exact) mass is 270 g/mol. The summed E-state index contributed by atoms with van der Waals surface area (Å²) in [6.45, 7) is 0. The van der Waals surface area contributed by atoms with Crippen molar-refractivity contribution in [3.63, 3.8) is 0 Å². The summed E-state index contributed by atoms with van der Waals surface area (Å²) < 4.78 is 22.4. The lowest BCUT2D eigenvalue weighted by Crippen LogP contribution is -2.38. The van der Waals surface area contributed by atoms with E-state index in [0.717, 1.165) is 0 Å². The smallest absolute Gasteiger partial charge is 0.319 e. The van der Waals surface area contributed by atoms with E-state index in [1.807, 2.05) is 0 Å². The van der Waals surface area contributed by atoms with E-state index < -0.39 is 15.9 Å². The Bertz CT molecular complexity index is 539. The second-order valence-corrected chi connectivity index (χ2v) is 6.47. The van der Waals surface area contributed by atoms with Crippen LogP contribution in [0.2, 0.25) is 0 Å². The van der Waals surface area contributed by atoms with E-state index >= 15 is 0 Å². The maximum atomic E-state index is 11.6. The van der Waals surface area contributed by atoms with Gasteiger partial charge in [-0.25, -0.2) is 13.2 Å².